The number of hydrogen-bond acceptors (Lipinski definition) is 0. The Hall–Kier alpha value is -2.34. The van der Waals surface area contributed by atoms with Crippen LogP contribution in [0.3, 0.4) is 0 Å². The van der Waals surface area contributed by atoms with Crippen LogP contribution in [0, 0.1) is 6.92 Å². The van der Waals surface area contributed by atoms with Crippen LogP contribution in [0.1, 0.15) is 30.9 Å². The van der Waals surface area contributed by atoms with E-state index in [4.69, 9.17) is 0 Å². The smallest absolute Gasteiger partial charge is 0.0149 e. The summed E-state index contributed by atoms with van der Waals surface area (Å²) in [5.74, 6) is 0.535. The average molecular weight is 286 g/mol. The fourth-order valence-corrected chi connectivity index (χ4v) is 2.85. The molecule has 22 heavy (non-hydrogen) atoms. The molecule has 0 atom stereocenters. The summed E-state index contributed by atoms with van der Waals surface area (Å²) in [6, 6.07) is 26.3. The molecular formula is C22H22. The Morgan fingerprint density at radius 1 is 0.591 bits per heavy atom. The van der Waals surface area contributed by atoms with Crippen LogP contribution in [0.5, 0.6) is 0 Å². The van der Waals surface area contributed by atoms with Crippen molar-refractivity contribution in [2.24, 2.45) is 0 Å². The van der Waals surface area contributed by atoms with Crippen LogP contribution in [0.25, 0.3) is 22.3 Å². The van der Waals surface area contributed by atoms with E-state index in [2.05, 4.69) is 93.6 Å². The zero-order valence-corrected chi connectivity index (χ0v) is 13.5. The van der Waals surface area contributed by atoms with Gasteiger partial charge in [-0.1, -0.05) is 92.2 Å². The number of rotatable bonds is 3. The molecule has 0 heterocycles. The van der Waals surface area contributed by atoms with Crippen molar-refractivity contribution in [3.8, 4) is 22.3 Å². The Labute approximate surface area is 133 Å². The summed E-state index contributed by atoms with van der Waals surface area (Å²) >= 11 is 0. The van der Waals surface area contributed by atoms with E-state index < -0.39 is 0 Å². The molecule has 0 fully saturated rings. The lowest BCUT2D eigenvalue weighted by molar-refractivity contribution is 0.869. The highest BCUT2D eigenvalue weighted by atomic mass is 14.1. The van der Waals surface area contributed by atoms with E-state index in [0.29, 0.717) is 5.92 Å². The van der Waals surface area contributed by atoms with E-state index in [1.54, 1.807) is 0 Å². The molecule has 3 aromatic carbocycles. The first kappa shape index (κ1) is 14.6. The summed E-state index contributed by atoms with van der Waals surface area (Å²) in [6.07, 6.45) is 0. The van der Waals surface area contributed by atoms with Gasteiger partial charge >= 0.3 is 0 Å². The topological polar surface area (TPSA) is 0 Å². The molecule has 0 aliphatic heterocycles. The summed E-state index contributed by atoms with van der Waals surface area (Å²) in [4.78, 5) is 0. The lowest BCUT2D eigenvalue weighted by Gasteiger charge is -2.13. The van der Waals surface area contributed by atoms with Crippen molar-refractivity contribution in [1.82, 2.24) is 0 Å². The Morgan fingerprint density at radius 2 is 1.09 bits per heavy atom. The van der Waals surface area contributed by atoms with Crippen molar-refractivity contribution in [1.29, 1.82) is 0 Å². The lowest BCUT2D eigenvalue weighted by atomic mass is 9.92. The van der Waals surface area contributed by atoms with Gasteiger partial charge in [0.05, 0.1) is 0 Å². The van der Waals surface area contributed by atoms with Crippen molar-refractivity contribution in [2.75, 3.05) is 0 Å². The molecule has 0 N–H and O–H groups in total. The van der Waals surface area contributed by atoms with E-state index in [-0.39, 0.29) is 0 Å². The zero-order valence-electron chi connectivity index (χ0n) is 13.5. The maximum atomic E-state index is 2.25. The standard InChI is InChI=1S/C22H22/c1-16(2)21-6-4-5-7-22(21)20-14-12-19(13-15-20)18-10-8-17(3)9-11-18/h4-16H,1-3H3. The van der Waals surface area contributed by atoms with Gasteiger partial charge in [-0.25, -0.2) is 0 Å². The summed E-state index contributed by atoms with van der Waals surface area (Å²) in [6.45, 7) is 6.62. The van der Waals surface area contributed by atoms with Gasteiger partial charge in [0.1, 0.15) is 0 Å². The number of hydrogen-bond donors (Lipinski definition) is 0. The highest BCUT2D eigenvalue weighted by molar-refractivity contribution is 5.72. The van der Waals surface area contributed by atoms with Crippen molar-refractivity contribution in [3.63, 3.8) is 0 Å². The van der Waals surface area contributed by atoms with Gasteiger partial charge in [-0.3, -0.25) is 0 Å². The van der Waals surface area contributed by atoms with E-state index in [1.807, 2.05) is 0 Å². The predicted molar refractivity (Wildman–Crippen MR) is 96.1 cm³/mol. The van der Waals surface area contributed by atoms with Gasteiger partial charge in [0, 0.05) is 0 Å². The van der Waals surface area contributed by atoms with E-state index in [1.165, 1.54) is 33.4 Å². The monoisotopic (exact) mass is 286 g/mol. The second-order valence-corrected chi connectivity index (χ2v) is 6.19. The largest absolute Gasteiger partial charge is 0.0619 e. The molecule has 0 saturated heterocycles. The van der Waals surface area contributed by atoms with Crippen molar-refractivity contribution >= 4 is 0 Å². The van der Waals surface area contributed by atoms with Gasteiger partial charge in [0.2, 0.25) is 0 Å². The van der Waals surface area contributed by atoms with Gasteiger partial charge in [-0.2, -0.15) is 0 Å². The minimum absolute atomic E-state index is 0.535. The summed E-state index contributed by atoms with van der Waals surface area (Å²) in [5, 5.41) is 0. The normalized spacial score (nSPS) is 10.9. The molecule has 0 heteroatoms. The highest BCUT2D eigenvalue weighted by Gasteiger charge is 2.08. The predicted octanol–water partition coefficient (Wildman–Crippen LogP) is 6.45. The molecule has 0 saturated carbocycles. The van der Waals surface area contributed by atoms with E-state index >= 15 is 0 Å². The van der Waals surface area contributed by atoms with Crippen molar-refractivity contribution in [3.05, 3.63) is 83.9 Å². The van der Waals surface area contributed by atoms with Gasteiger partial charge in [-0.05, 0) is 40.7 Å². The van der Waals surface area contributed by atoms with Crippen LogP contribution in [-0.4, -0.2) is 0 Å². The second kappa shape index (κ2) is 6.19. The fourth-order valence-electron chi connectivity index (χ4n) is 2.85. The van der Waals surface area contributed by atoms with Gasteiger partial charge in [0.25, 0.3) is 0 Å². The molecule has 3 rings (SSSR count). The molecule has 0 nitrogen and oxygen atoms in total. The summed E-state index contributed by atoms with van der Waals surface area (Å²) < 4.78 is 0. The third kappa shape index (κ3) is 2.96. The lowest BCUT2D eigenvalue weighted by Crippen LogP contribution is -1.91. The molecule has 110 valence electrons. The minimum atomic E-state index is 0.535. The third-order valence-electron chi connectivity index (χ3n) is 4.16. The van der Waals surface area contributed by atoms with Gasteiger partial charge < -0.3 is 0 Å². The van der Waals surface area contributed by atoms with Crippen molar-refractivity contribution < 1.29 is 0 Å². The first-order valence-electron chi connectivity index (χ1n) is 7.91. The zero-order chi connectivity index (χ0) is 15.5. The van der Waals surface area contributed by atoms with Crippen LogP contribution >= 0.6 is 0 Å². The van der Waals surface area contributed by atoms with Crippen LogP contribution in [-0.2, 0) is 0 Å². The molecule has 0 aliphatic rings. The Bertz CT molecular complexity index is 747. The average Bonchev–Trinajstić information content (AvgIpc) is 2.56. The molecule has 0 aromatic heterocycles. The van der Waals surface area contributed by atoms with Crippen LogP contribution in [0.4, 0.5) is 0 Å². The maximum absolute atomic E-state index is 2.25. The Kier molecular flexibility index (Phi) is 4.11. The number of benzene rings is 3. The Morgan fingerprint density at radius 3 is 1.68 bits per heavy atom. The number of aryl methyl sites for hydroxylation is 1. The van der Waals surface area contributed by atoms with Crippen LogP contribution < -0.4 is 0 Å². The minimum Gasteiger partial charge on any atom is -0.0619 e. The first-order valence-corrected chi connectivity index (χ1v) is 7.91. The fraction of sp³-hybridized carbons (Fsp3) is 0.182. The van der Waals surface area contributed by atoms with Crippen LogP contribution in [0.15, 0.2) is 72.8 Å². The van der Waals surface area contributed by atoms with Crippen molar-refractivity contribution in [2.45, 2.75) is 26.7 Å². The summed E-state index contributed by atoms with van der Waals surface area (Å²) in [5.41, 5.74) is 7.88. The van der Waals surface area contributed by atoms with Crippen LogP contribution in [0.2, 0.25) is 0 Å². The molecule has 0 spiro atoms. The SMILES string of the molecule is Cc1ccc(-c2ccc(-c3ccccc3C(C)C)cc2)cc1. The van der Waals surface area contributed by atoms with E-state index in [9.17, 15) is 0 Å². The Balaban J connectivity index is 1.97. The third-order valence-corrected chi connectivity index (χ3v) is 4.16. The summed E-state index contributed by atoms with van der Waals surface area (Å²) in [7, 11) is 0. The van der Waals surface area contributed by atoms with E-state index in [0.717, 1.165) is 0 Å². The molecule has 0 amide bonds. The molecule has 0 radical (unpaired) electrons. The molecule has 0 bridgehead atoms. The second-order valence-electron chi connectivity index (χ2n) is 6.19. The van der Waals surface area contributed by atoms with Gasteiger partial charge in [0.15, 0.2) is 0 Å². The molecule has 0 unspecified atom stereocenters. The molecule has 0 aliphatic carbocycles. The molecular weight excluding hydrogens is 264 g/mol. The first-order chi connectivity index (χ1) is 10.6. The highest BCUT2D eigenvalue weighted by Crippen LogP contribution is 2.30. The maximum Gasteiger partial charge on any atom is -0.0149 e. The van der Waals surface area contributed by atoms with Gasteiger partial charge in [-0.15, -0.1) is 0 Å². The molecule has 3 aromatic rings. The quantitative estimate of drug-likeness (QED) is 0.519.